The van der Waals surface area contributed by atoms with E-state index in [1.165, 1.54) is 6.26 Å². The summed E-state index contributed by atoms with van der Waals surface area (Å²) in [5.41, 5.74) is 0.777. The summed E-state index contributed by atoms with van der Waals surface area (Å²) in [6.45, 7) is 4.05. The normalized spacial score (nSPS) is 13.2. The molecule has 0 aliphatic carbocycles. The van der Waals surface area contributed by atoms with Crippen molar-refractivity contribution in [2.24, 2.45) is 5.92 Å². The van der Waals surface area contributed by atoms with Gasteiger partial charge in [0.05, 0.1) is 13.4 Å². The van der Waals surface area contributed by atoms with E-state index in [1.54, 1.807) is 19.2 Å². The van der Waals surface area contributed by atoms with Gasteiger partial charge in [-0.05, 0) is 30.2 Å². The molecule has 0 spiro atoms. The maximum absolute atomic E-state index is 12.4. The highest BCUT2D eigenvalue weighted by molar-refractivity contribution is 5.91. The van der Waals surface area contributed by atoms with Gasteiger partial charge in [0.15, 0.2) is 5.76 Å². The van der Waals surface area contributed by atoms with Crippen LogP contribution in [-0.4, -0.2) is 23.2 Å². The molecule has 0 unspecified atom stereocenters. The standard InChI is InChI=1S/C19H21N3O4/c1-4-12(2)16(20-18(23)15-9-6-10-25-15)19-21-17(22-26-19)13-7-5-8-14(11-13)24-3/h5-12,16H,4H2,1-3H3,(H,20,23)/t12-,16-/m1/s1. The fraction of sp³-hybridized carbons (Fsp3) is 0.316. The van der Waals surface area contributed by atoms with Crippen LogP contribution in [-0.2, 0) is 0 Å². The highest BCUT2D eigenvalue weighted by Gasteiger charge is 2.27. The second-order valence-corrected chi connectivity index (χ2v) is 6.00. The molecule has 2 aromatic heterocycles. The fourth-order valence-electron chi connectivity index (χ4n) is 2.54. The van der Waals surface area contributed by atoms with Crippen LogP contribution in [0.2, 0.25) is 0 Å². The van der Waals surface area contributed by atoms with E-state index >= 15 is 0 Å². The van der Waals surface area contributed by atoms with Crippen molar-refractivity contribution >= 4 is 5.91 Å². The number of benzene rings is 1. The molecule has 0 aliphatic heterocycles. The molecule has 26 heavy (non-hydrogen) atoms. The first-order valence-electron chi connectivity index (χ1n) is 8.44. The zero-order valence-electron chi connectivity index (χ0n) is 14.9. The molecule has 0 bridgehead atoms. The Balaban J connectivity index is 1.85. The average molecular weight is 355 g/mol. The van der Waals surface area contributed by atoms with Crippen molar-refractivity contribution in [3.8, 4) is 17.1 Å². The number of carbonyl (C=O) groups excluding carboxylic acids is 1. The highest BCUT2D eigenvalue weighted by Crippen LogP contribution is 2.27. The molecule has 136 valence electrons. The Morgan fingerprint density at radius 2 is 2.15 bits per heavy atom. The number of hydrogen-bond donors (Lipinski definition) is 1. The van der Waals surface area contributed by atoms with E-state index in [9.17, 15) is 4.79 Å². The van der Waals surface area contributed by atoms with E-state index in [0.717, 1.165) is 12.0 Å². The van der Waals surface area contributed by atoms with Crippen LogP contribution in [0.25, 0.3) is 11.4 Å². The fourth-order valence-corrected chi connectivity index (χ4v) is 2.54. The molecular formula is C19H21N3O4. The molecule has 0 saturated carbocycles. The molecule has 2 heterocycles. The third-order valence-corrected chi connectivity index (χ3v) is 4.28. The zero-order valence-corrected chi connectivity index (χ0v) is 14.9. The lowest BCUT2D eigenvalue weighted by molar-refractivity contribution is 0.0882. The number of ether oxygens (including phenoxy) is 1. The van der Waals surface area contributed by atoms with Gasteiger partial charge in [-0.2, -0.15) is 4.98 Å². The lowest BCUT2D eigenvalue weighted by Crippen LogP contribution is -2.32. The van der Waals surface area contributed by atoms with Gasteiger partial charge in [0, 0.05) is 5.56 Å². The van der Waals surface area contributed by atoms with Gasteiger partial charge < -0.3 is 19.0 Å². The molecule has 0 fully saturated rings. The molecule has 1 aromatic carbocycles. The number of carbonyl (C=O) groups is 1. The summed E-state index contributed by atoms with van der Waals surface area (Å²) in [7, 11) is 1.60. The first-order valence-corrected chi connectivity index (χ1v) is 8.44. The number of amides is 1. The zero-order chi connectivity index (χ0) is 18.5. The summed E-state index contributed by atoms with van der Waals surface area (Å²) in [6.07, 6.45) is 2.29. The first-order chi connectivity index (χ1) is 12.6. The molecule has 2 atom stereocenters. The Kier molecular flexibility index (Phi) is 5.36. The number of hydrogen-bond acceptors (Lipinski definition) is 6. The van der Waals surface area contributed by atoms with E-state index in [-0.39, 0.29) is 17.6 Å². The van der Waals surface area contributed by atoms with Gasteiger partial charge in [0.1, 0.15) is 11.8 Å². The van der Waals surface area contributed by atoms with Crippen molar-refractivity contribution in [2.75, 3.05) is 7.11 Å². The van der Waals surface area contributed by atoms with Crippen LogP contribution in [0, 0.1) is 5.92 Å². The van der Waals surface area contributed by atoms with Crippen molar-refractivity contribution in [2.45, 2.75) is 26.3 Å². The molecular weight excluding hydrogens is 334 g/mol. The Morgan fingerprint density at radius 1 is 1.31 bits per heavy atom. The molecule has 1 amide bonds. The summed E-state index contributed by atoms with van der Waals surface area (Å²) in [5, 5.41) is 6.97. The average Bonchev–Trinajstić information content (AvgIpc) is 3.37. The quantitative estimate of drug-likeness (QED) is 0.692. The maximum atomic E-state index is 12.4. The summed E-state index contributed by atoms with van der Waals surface area (Å²) >= 11 is 0. The van der Waals surface area contributed by atoms with Gasteiger partial charge in [0.2, 0.25) is 11.7 Å². The molecule has 0 saturated heterocycles. The minimum atomic E-state index is -0.413. The largest absolute Gasteiger partial charge is 0.497 e. The highest BCUT2D eigenvalue weighted by atomic mass is 16.5. The molecule has 0 aliphatic rings. The number of furan rings is 1. The first kappa shape index (κ1) is 17.7. The summed E-state index contributed by atoms with van der Waals surface area (Å²) < 4.78 is 15.8. The van der Waals surface area contributed by atoms with Crippen LogP contribution >= 0.6 is 0 Å². The minimum Gasteiger partial charge on any atom is -0.497 e. The summed E-state index contributed by atoms with van der Waals surface area (Å²) in [5.74, 6) is 1.54. The number of nitrogens with zero attached hydrogens (tertiary/aromatic N) is 2. The van der Waals surface area contributed by atoms with Crippen LogP contribution in [0.4, 0.5) is 0 Å². The molecule has 7 heteroatoms. The van der Waals surface area contributed by atoms with Crippen molar-refractivity contribution in [1.29, 1.82) is 0 Å². The van der Waals surface area contributed by atoms with Crippen LogP contribution in [0.3, 0.4) is 0 Å². The number of methoxy groups -OCH3 is 1. The number of nitrogens with one attached hydrogen (secondary N) is 1. The van der Waals surface area contributed by atoms with E-state index in [0.29, 0.717) is 17.5 Å². The topological polar surface area (TPSA) is 90.4 Å². The van der Waals surface area contributed by atoms with Crippen LogP contribution in [0.5, 0.6) is 5.75 Å². The Hall–Kier alpha value is -3.09. The molecule has 1 N–H and O–H groups in total. The van der Waals surface area contributed by atoms with Crippen molar-refractivity contribution in [3.05, 3.63) is 54.3 Å². The van der Waals surface area contributed by atoms with Gasteiger partial charge in [0.25, 0.3) is 5.91 Å². The Labute approximate surface area is 151 Å². The third-order valence-electron chi connectivity index (χ3n) is 4.28. The second kappa shape index (κ2) is 7.86. The van der Waals surface area contributed by atoms with Gasteiger partial charge in [-0.1, -0.05) is 37.6 Å². The van der Waals surface area contributed by atoms with Gasteiger partial charge in [-0.3, -0.25) is 4.79 Å². The molecule has 3 rings (SSSR count). The SMILES string of the molecule is CC[C@@H](C)[C@@H](NC(=O)c1ccco1)c1nc(-c2cccc(OC)c2)no1. The van der Waals surface area contributed by atoms with Crippen molar-refractivity contribution in [1.82, 2.24) is 15.5 Å². The van der Waals surface area contributed by atoms with Crippen LogP contribution < -0.4 is 10.1 Å². The predicted octanol–water partition coefficient (Wildman–Crippen LogP) is 3.86. The van der Waals surface area contributed by atoms with Crippen LogP contribution in [0.1, 0.15) is 42.8 Å². The third kappa shape index (κ3) is 3.77. The monoisotopic (exact) mass is 355 g/mol. The number of aromatic nitrogens is 2. The van der Waals surface area contributed by atoms with E-state index in [1.807, 2.05) is 38.1 Å². The van der Waals surface area contributed by atoms with E-state index in [4.69, 9.17) is 13.7 Å². The van der Waals surface area contributed by atoms with Gasteiger partial charge in [-0.15, -0.1) is 0 Å². The smallest absolute Gasteiger partial charge is 0.287 e. The molecule has 0 radical (unpaired) electrons. The number of rotatable bonds is 7. The van der Waals surface area contributed by atoms with E-state index < -0.39 is 6.04 Å². The lowest BCUT2D eigenvalue weighted by atomic mass is 9.99. The molecule has 7 nitrogen and oxygen atoms in total. The Bertz CT molecular complexity index is 857. The van der Waals surface area contributed by atoms with Crippen LogP contribution in [0.15, 0.2) is 51.6 Å². The van der Waals surface area contributed by atoms with E-state index in [2.05, 4.69) is 15.5 Å². The van der Waals surface area contributed by atoms with Gasteiger partial charge >= 0.3 is 0 Å². The van der Waals surface area contributed by atoms with Crippen molar-refractivity contribution < 1.29 is 18.5 Å². The Morgan fingerprint density at radius 3 is 2.85 bits per heavy atom. The molecule has 3 aromatic rings. The van der Waals surface area contributed by atoms with Gasteiger partial charge in [-0.25, -0.2) is 0 Å². The summed E-state index contributed by atoms with van der Waals surface area (Å²) in [6, 6.07) is 10.3. The minimum absolute atomic E-state index is 0.104. The van der Waals surface area contributed by atoms with Crippen molar-refractivity contribution in [3.63, 3.8) is 0 Å². The maximum Gasteiger partial charge on any atom is 0.287 e. The second-order valence-electron chi connectivity index (χ2n) is 6.00. The summed E-state index contributed by atoms with van der Waals surface area (Å²) in [4.78, 5) is 16.8. The lowest BCUT2D eigenvalue weighted by Gasteiger charge is -2.20. The predicted molar refractivity (Wildman–Crippen MR) is 94.7 cm³/mol.